The van der Waals surface area contributed by atoms with Gasteiger partial charge in [-0.05, 0) is 6.42 Å². The lowest BCUT2D eigenvalue weighted by atomic mass is 10.4. The lowest BCUT2D eigenvalue weighted by Gasteiger charge is -2.09. The van der Waals surface area contributed by atoms with E-state index in [4.69, 9.17) is 10.8 Å². The molecule has 0 saturated heterocycles. The van der Waals surface area contributed by atoms with Crippen molar-refractivity contribution in [1.82, 2.24) is 9.55 Å². The monoisotopic (exact) mass is 214 g/mol. The Hall–Kier alpha value is -1.76. The Morgan fingerprint density at radius 1 is 1.53 bits per heavy atom. The van der Waals surface area contributed by atoms with E-state index < -0.39 is 11.2 Å². The molecule has 0 aliphatic carbocycles. The molecule has 15 heavy (non-hydrogen) atoms. The van der Waals surface area contributed by atoms with Crippen molar-refractivity contribution >= 4 is 11.5 Å². The van der Waals surface area contributed by atoms with Crippen LogP contribution in [0.1, 0.15) is 6.42 Å². The second-order valence-corrected chi connectivity index (χ2v) is 3.08. The number of aromatic nitrogens is 2. The normalized spacial score (nSPS) is 10.3. The summed E-state index contributed by atoms with van der Waals surface area (Å²) < 4.78 is 1.14. The second-order valence-electron chi connectivity index (χ2n) is 3.08. The van der Waals surface area contributed by atoms with Crippen molar-refractivity contribution < 1.29 is 5.11 Å². The number of nitrogens with one attached hydrogen (secondary N) is 2. The number of aliphatic hydroxyl groups excluding tert-OH is 1. The molecule has 1 aromatic heterocycles. The molecule has 0 radical (unpaired) electrons. The summed E-state index contributed by atoms with van der Waals surface area (Å²) in [5.74, 6) is 0.0849. The van der Waals surface area contributed by atoms with Crippen LogP contribution in [0.4, 0.5) is 11.5 Å². The molecule has 84 valence electrons. The molecule has 5 N–H and O–H groups in total. The Kier molecular flexibility index (Phi) is 3.51. The topological polar surface area (TPSA) is 113 Å². The van der Waals surface area contributed by atoms with Gasteiger partial charge in [0.25, 0.3) is 5.56 Å². The predicted molar refractivity (Wildman–Crippen MR) is 56.9 cm³/mol. The van der Waals surface area contributed by atoms with Crippen LogP contribution in [0.5, 0.6) is 0 Å². The van der Waals surface area contributed by atoms with Crippen molar-refractivity contribution in [3.8, 4) is 0 Å². The summed E-state index contributed by atoms with van der Waals surface area (Å²) in [6.45, 7) is 0.443. The van der Waals surface area contributed by atoms with E-state index in [0.717, 1.165) is 4.57 Å². The third-order valence-electron chi connectivity index (χ3n) is 2.01. The number of rotatable bonds is 4. The number of nitrogens with two attached hydrogens (primary N) is 1. The van der Waals surface area contributed by atoms with Crippen LogP contribution < -0.4 is 22.3 Å². The summed E-state index contributed by atoms with van der Waals surface area (Å²) in [6.07, 6.45) is 0.502. The van der Waals surface area contributed by atoms with Crippen LogP contribution in [-0.2, 0) is 7.05 Å². The third-order valence-corrected chi connectivity index (χ3v) is 2.01. The van der Waals surface area contributed by atoms with Crippen LogP contribution in [0.25, 0.3) is 0 Å². The standard InChI is InChI=1S/C8H14N4O3/c1-12-6(9)5(10-3-2-4-13)7(14)11-8(12)15/h10,13H,2-4,9H2,1H3,(H,11,14,15). The van der Waals surface area contributed by atoms with E-state index in [-0.39, 0.29) is 18.1 Å². The highest BCUT2D eigenvalue weighted by atomic mass is 16.3. The number of hydrogen-bond acceptors (Lipinski definition) is 5. The fourth-order valence-electron chi connectivity index (χ4n) is 1.10. The average molecular weight is 214 g/mol. The van der Waals surface area contributed by atoms with Crippen LogP contribution in [0.3, 0.4) is 0 Å². The van der Waals surface area contributed by atoms with Gasteiger partial charge < -0.3 is 16.2 Å². The highest BCUT2D eigenvalue weighted by Crippen LogP contribution is 2.07. The minimum absolute atomic E-state index is 0.0244. The fourth-order valence-corrected chi connectivity index (χ4v) is 1.10. The first-order valence-corrected chi connectivity index (χ1v) is 4.51. The minimum atomic E-state index is -0.551. The van der Waals surface area contributed by atoms with Crippen LogP contribution in [0.15, 0.2) is 9.59 Å². The number of anilines is 2. The van der Waals surface area contributed by atoms with E-state index in [9.17, 15) is 9.59 Å². The van der Waals surface area contributed by atoms with E-state index in [1.165, 1.54) is 7.05 Å². The Bertz CT molecular complexity index is 448. The van der Waals surface area contributed by atoms with Gasteiger partial charge in [0.05, 0.1) is 0 Å². The van der Waals surface area contributed by atoms with Gasteiger partial charge in [-0.25, -0.2) is 4.79 Å². The SMILES string of the molecule is Cn1c(N)c(NCCCO)c(=O)[nH]c1=O. The summed E-state index contributed by atoms with van der Waals surface area (Å²) in [6, 6.07) is 0. The van der Waals surface area contributed by atoms with Crippen molar-refractivity contribution in [2.24, 2.45) is 7.05 Å². The molecule has 0 bridgehead atoms. The first-order chi connectivity index (χ1) is 7.07. The summed E-state index contributed by atoms with van der Waals surface area (Å²) >= 11 is 0. The minimum Gasteiger partial charge on any atom is -0.396 e. The lowest BCUT2D eigenvalue weighted by molar-refractivity contribution is 0.292. The van der Waals surface area contributed by atoms with E-state index >= 15 is 0 Å². The predicted octanol–water partition coefficient (Wildman–Crippen LogP) is -1.55. The summed E-state index contributed by atoms with van der Waals surface area (Å²) in [7, 11) is 1.46. The molecule has 0 amide bonds. The van der Waals surface area contributed by atoms with Crippen molar-refractivity contribution in [3.63, 3.8) is 0 Å². The Morgan fingerprint density at radius 2 is 2.20 bits per heavy atom. The number of nitrogens with zero attached hydrogens (tertiary/aromatic N) is 1. The summed E-state index contributed by atoms with van der Waals surface area (Å²) in [5.41, 5.74) is 4.64. The van der Waals surface area contributed by atoms with E-state index in [0.29, 0.717) is 13.0 Å². The molecule has 1 aromatic rings. The fraction of sp³-hybridized carbons (Fsp3) is 0.500. The number of nitrogen functional groups attached to an aromatic ring is 1. The molecule has 0 saturated carbocycles. The molecule has 0 aliphatic heterocycles. The van der Waals surface area contributed by atoms with Gasteiger partial charge in [0.1, 0.15) is 11.5 Å². The summed E-state index contributed by atoms with van der Waals surface area (Å²) in [5, 5.41) is 11.3. The smallest absolute Gasteiger partial charge is 0.329 e. The Balaban J connectivity index is 3.02. The van der Waals surface area contributed by atoms with Crippen LogP contribution in [0.2, 0.25) is 0 Å². The van der Waals surface area contributed by atoms with Gasteiger partial charge in [-0.15, -0.1) is 0 Å². The number of aliphatic hydroxyl groups is 1. The van der Waals surface area contributed by atoms with Crippen LogP contribution in [-0.4, -0.2) is 27.8 Å². The highest BCUT2D eigenvalue weighted by Gasteiger charge is 2.08. The maximum absolute atomic E-state index is 11.3. The molecule has 0 spiro atoms. The van der Waals surface area contributed by atoms with Gasteiger partial charge >= 0.3 is 5.69 Å². The molecule has 0 atom stereocenters. The molecule has 0 unspecified atom stereocenters. The highest BCUT2D eigenvalue weighted by molar-refractivity contribution is 5.60. The first kappa shape index (κ1) is 11.3. The second kappa shape index (κ2) is 4.65. The Labute approximate surface area is 85.5 Å². The Morgan fingerprint density at radius 3 is 2.80 bits per heavy atom. The summed E-state index contributed by atoms with van der Waals surface area (Å²) in [4.78, 5) is 24.6. The molecule has 1 rings (SSSR count). The average Bonchev–Trinajstić information content (AvgIpc) is 2.20. The van der Waals surface area contributed by atoms with Gasteiger partial charge in [-0.2, -0.15) is 0 Å². The van der Waals surface area contributed by atoms with Crippen molar-refractivity contribution in [3.05, 3.63) is 20.8 Å². The van der Waals surface area contributed by atoms with E-state index in [1.54, 1.807) is 0 Å². The zero-order valence-electron chi connectivity index (χ0n) is 8.41. The van der Waals surface area contributed by atoms with Crippen LogP contribution in [0, 0.1) is 0 Å². The lowest BCUT2D eigenvalue weighted by Crippen LogP contribution is -2.32. The largest absolute Gasteiger partial charge is 0.396 e. The van der Waals surface area contributed by atoms with Crippen molar-refractivity contribution in [2.45, 2.75) is 6.42 Å². The molecule has 1 heterocycles. The number of H-pyrrole nitrogens is 1. The molecule has 0 fully saturated rings. The molecular weight excluding hydrogens is 200 g/mol. The molecular formula is C8H14N4O3. The molecule has 7 nitrogen and oxygen atoms in total. The van der Waals surface area contributed by atoms with E-state index in [2.05, 4.69) is 10.3 Å². The number of hydrogen-bond donors (Lipinski definition) is 4. The maximum Gasteiger partial charge on any atom is 0.329 e. The van der Waals surface area contributed by atoms with Gasteiger partial charge in [-0.1, -0.05) is 0 Å². The van der Waals surface area contributed by atoms with Crippen molar-refractivity contribution in [1.29, 1.82) is 0 Å². The van der Waals surface area contributed by atoms with Gasteiger partial charge in [-0.3, -0.25) is 14.3 Å². The molecule has 7 heteroatoms. The van der Waals surface area contributed by atoms with Crippen molar-refractivity contribution in [2.75, 3.05) is 24.2 Å². The number of aromatic amines is 1. The maximum atomic E-state index is 11.3. The first-order valence-electron chi connectivity index (χ1n) is 4.51. The third kappa shape index (κ3) is 2.38. The molecule has 0 aromatic carbocycles. The molecule has 0 aliphatic rings. The quantitative estimate of drug-likeness (QED) is 0.453. The van der Waals surface area contributed by atoms with Gasteiger partial charge in [0.2, 0.25) is 0 Å². The van der Waals surface area contributed by atoms with E-state index in [1.807, 2.05) is 0 Å². The zero-order valence-corrected chi connectivity index (χ0v) is 8.41. The zero-order chi connectivity index (χ0) is 11.4. The van der Waals surface area contributed by atoms with Gasteiger partial charge in [0.15, 0.2) is 0 Å². The van der Waals surface area contributed by atoms with Gasteiger partial charge in [0, 0.05) is 20.2 Å². The van der Waals surface area contributed by atoms with Crippen LogP contribution >= 0.6 is 0 Å².